The van der Waals surface area contributed by atoms with Crippen molar-refractivity contribution in [3.8, 4) is 16.9 Å². The van der Waals surface area contributed by atoms with Gasteiger partial charge in [0.1, 0.15) is 5.75 Å². The molecular weight excluding hydrogens is 323 g/mol. The van der Waals surface area contributed by atoms with E-state index in [2.05, 4.69) is 0 Å². The van der Waals surface area contributed by atoms with Gasteiger partial charge in [0.15, 0.2) is 6.61 Å². The monoisotopic (exact) mass is 330 g/mol. The lowest BCUT2D eigenvalue weighted by molar-refractivity contribution is -0.139. The van der Waals surface area contributed by atoms with Crippen LogP contribution < -0.4 is 4.74 Å². The molecule has 2 aromatic carbocycles. The summed E-state index contributed by atoms with van der Waals surface area (Å²) in [4.78, 5) is 10.4. The Morgan fingerprint density at radius 1 is 0.950 bits per heavy atom. The van der Waals surface area contributed by atoms with Crippen molar-refractivity contribution < 1.29 is 14.6 Å². The van der Waals surface area contributed by atoms with Crippen LogP contribution in [-0.4, -0.2) is 17.7 Å². The van der Waals surface area contributed by atoms with E-state index < -0.39 is 12.6 Å². The summed E-state index contributed by atoms with van der Waals surface area (Å²) in [6.45, 7) is -0.439. The van der Waals surface area contributed by atoms with E-state index in [-0.39, 0.29) is 0 Å². The van der Waals surface area contributed by atoms with Gasteiger partial charge in [-0.1, -0.05) is 46.9 Å². The van der Waals surface area contributed by atoms with Gasteiger partial charge in [0.2, 0.25) is 0 Å². The molecule has 0 amide bonds. The van der Waals surface area contributed by atoms with E-state index in [9.17, 15) is 4.79 Å². The summed E-state index contributed by atoms with van der Waals surface area (Å²) in [6.07, 6.45) is 0. The predicted octanol–water partition coefficient (Wildman–Crippen LogP) is 4.78. The lowest BCUT2D eigenvalue weighted by Gasteiger charge is -2.08. The fourth-order valence-electron chi connectivity index (χ4n) is 1.61. The second kappa shape index (κ2) is 6.35. The van der Waals surface area contributed by atoms with Crippen molar-refractivity contribution in [3.63, 3.8) is 0 Å². The van der Waals surface area contributed by atoms with Crippen molar-refractivity contribution in [2.24, 2.45) is 0 Å². The zero-order chi connectivity index (χ0) is 14.7. The van der Waals surface area contributed by atoms with Crippen molar-refractivity contribution in [2.45, 2.75) is 0 Å². The van der Waals surface area contributed by atoms with Gasteiger partial charge in [-0.05, 0) is 35.4 Å². The van der Waals surface area contributed by atoms with E-state index in [1.807, 2.05) is 6.07 Å². The molecule has 0 spiro atoms. The van der Waals surface area contributed by atoms with Crippen molar-refractivity contribution in [1.29, 1.82) is 0 Å². The molecule has 0 aliphatic carbocycles. The number of rotatable bonds is 4. The second-order valence-corrected chi connectivity index (χ2v) is 5.18. The fourth-order valence-corrected chi connectivity index (χ4v) is 2.15. The van der Waals surface area contributed by atoms with Crippen LogP contribution in [0, 0.1) is 0 Å². The Balaban J connectivity index is 2.28. The number of hydrogen-bond donors (Lipinski definition) is 1. The number of benzene rings is 2. The zero-order valence-corrected chi connectivity index (χ0v) is 12.3. The lowest BCUT2D eigenvalue weighted by Crippen LogP contribution is -2.09. The van der Waals surface area contributed by atoms with Crippen LogP contribution in [0.25, 0.3) is 11.1 Å². The molecule has 0 fully saturated rings. The average Bonchev–Trinajstić information content (AvgIpc) is 2.40. The van der Waals surface area contributed by atoms with E-state index in [0.717, 1.165) is 11.1 Å². The molecule has 6 heteroatoms. The lowest BCUT2D eigenvalue weighted by atomic mass is 10.1. The first-order valence-electron chi connectivity index (χ1n) is 5.57. The van der Waals surface area contributed by atoms with E-state index in [1.54, 1.807) is 30.3 Å². The van der Waals surface area contributed by atoms with Crippen LogP contribution in [-0.2, 0) is 4.79 Å². The zero-order valence-electron chi connectivity index (χ0n) is 10.1. The molecule has 104 valence electrons. The molecule has 0 radical (unpaired) electrons. The molecule has 3 nitrogen and oxygen atoms in total. The van der Waals surface area contributed by atoms with Crippen LogP contribution in [0.5, 0.6) is 5.75 Å². The van der Waals surface area contributed by atoms with Gasteiger partial charge in [0, 0.05) is 0 Å². The Labute approximate surface area is 130 Å². The normalized spacial score (nSPS) is 10.3. The highest BCUT2D eigenvalue weighted by Crippen LogP contribution is 2.33. The quantitative estimate of drug-likeness (QED) is 0.877. The summed E-state index contributed by atoms with van der Waals surface area (Å²) in [5, 5.41) is 9.81. The SMILES string of the molecule is O=C(O)COc1ccc(-c2ccc(Cl)c(Cl)c2)cc1Cl. The standard InChI is InChI=1S/C14H9Cl3O3/c15-10-3-1-8(5-11(10)16)9-2-4-13(12(17)6-9)20-7-14(18)19/h1-6H,7H2,(H,18,19). The first-order chi connectivity index (χ1) is 9.47. The molecule has 1 N–H and O–H groups in total. The Hall–Kier alpha value is -1.42. The third-order valence-corrected chi connectivity index (χ3v) is 3.57. The number of aliphatic carboxylic acids is 1. The molecular formula is C14H9Cl3O3. The van der Waals surface area contributed by atoms with Gasteiger partial charge in [-0.2, -0.15) is 0 Å². The number of hydrogen-bond acceptors (Lipinski definition) is 2. The van der Waals surface area contributed by atoms with Crippen molar-refractivity contribution in [3.05, 3.63) is 51.5 Å². The highest BCUT2D eigenvalue weighted by atomic mass is 35.5. The van der Waals surface area contributed by atoms with E-state index in [1.165, 1.54) is 0 Å². The Morgan fingerprint density at radius 3 is 2.10 bits per heavy atom. The largest absolute Gasteiger partial charge is 0.480 e. The summed E-state index contributed by atoms with van der Waals surface area (Å²) in [6, 6.07) is 10.3. The summed E-state index contributed by atoms with van der Waals surface area (Å²) < 4.78 is 5.05. The molecule has 0 bridgehead atoms. The van der Waals surface area contributed by atoms with Crippen LogP contribution in [0.1, 0.15) is 0 Å². The summed E-state index contributed by atoms with van der Waals surface area (Å²) in [5.74, 6) is -0.743. The Bertz CT molecular complexity index is 656. The third-order valence-electron chi connectivity index (χ3n) is 2.54. The molecule has 0 aliphatic heterocycles. The maximum atomic E-state index is 10.4. The number of ether oxygens (including phenoxy) is 1. The predicted molar refractivity (Wildman–Crippen MR) is 80.0 cm³/mol. The van der Waals surface area contributed by atoms with Crippen LogP contribution in [0.15, 0.2) is 36.4 Å². The Morgan fingerprint density at radius 2 is 1.55 bits per heavy atom. The van der Waals surface area contributed by atoms with Crippen molar-refractivity contribution in [2.75, 3.05) is 6.61 Å². The summed E-state index contributed by atoms with van der Waals surface area (Å²) in [5.41, 5.74) is 1.68. The molecule has 0 atom stereocenters. The molecule has 2 aromatic rings. The van der Waals surface area contributed by atoms with Gasteiger partial charge in [-0.15, -0.1) is 0 Å². The highest BCUT2D eigenvalue weighted by Gasteiger charge is 2.08. The highest BCUT2D eigenvalue weighted by molar-refractivity contribution is 6.42. The van der Waals surface area contributed by atoms with Gasteiger partial charge in [0.25, 0.3) is 0 Å². The molecule has 2 rings (SSSR count). The molecule has 0 aliphatic rings. The topological polar surface area (TPSA) is 46.5 Å². The fraction of sp³-hybridized carbons (Fsp3) is 0.0714. The minimum Gasteiger partial charge on any atom is -0.480 e. The molecule has 0 unspecified atom stereocenters. The average molecular weight is 332 g/mol. The third kappa shape index (κ3) is 3.57. The van der Waals surface area contributed by atoms with E-state index >= 15 is 0 Å². The molecule has 0 saturated carbocycles. The first-order valence-corrected chi connectivity index (χ1v) is 6.70. The van der Waals surface area contributed by atoms with Gasteiger partial charge in [0.05, 0.1) is 15.1 Å². The molecule has 0 saturated heterocycles. The first kappa shape index (κ1) is 15.0. The maximum absolute atomic E-state index is 10.4. The number of halogens is 3. The number of carboxylic acids is 1. The summed E-state index contributed by atoms with van der Waals surface area (Å²) in [7, 11) is 0. The minimum atomic E-state index is -1.06. The molecule has 20 heavy (non-hydrogen) atoms. The van der Waals surface area contributed by atoms with Crippen LogP contribution in [0.4, 0.5) is 0 Å². The second-order valence-electron chi connectivity index (χ2n) is 3.96. The van der Waals surface area contributed by atoms with Gasteiger partial charge < -0.3 is 9.84 Å². The number of carbonyl (C=O) groups is 1. The smallest absolute Gasteiger partial charge is 0.341 e. The van der Waals surface area contributed by atoms with Gasteiger partial charge >= 0.3 is 5.97 Å². The van der Waals surface area contributed by atoms with Crippen LogP contribution >= 0.6 is 34.8 Å². The van der Waals surface area contributed by atoms with E-state index in [0.29, 0.717) is 20.8 Å². The summed E-state index contributed by atoms with van der Waals surface area (Å²) >= 11 is 17.9. The molecule has 0 aromatic heterocycles. The number of carboxylic acid groups (broad SMARTS) is 1. The maximum Gasteiger partial charge on any atom is 0.341 e. The van der Waals surface area contributed by atoms with Gasteiger partial charge in [-0.25, -0.2) is 4.79 Å². The van der Waals surface area contributed by atoms with Gasteiger partial charge in [-0.3, -0.25) is 0 Å². The minimum absolute atomic E-state index is 0.317. The van der Waals surface area contributed by atoms with Crippen LogP contribution in [0.3, 0.4) is 0 Å². The molecule has 0 heterocycles. The van der Waals surface area contributed by atoms with Crippen molar-refractivity contribution >= 4 is 40.8 Å². The Kier molecular flexibility index (Phi) is 4.76. The van der Waals surface area contributed by atoms with E-state index in [4.69, 9.17) is 44.6 Å². The van der Waals surface area contributed by atoms with Crippen LogP contribution in [0.2, 0.25) is 15.1 Å². The van der Waals surface area contributed by atoms with Crippen molar-refractivity contribution in [1.82, 2.24) is 0 Å².